The van der Waals surface area contributed by atoms with Gasteiger partial charge in [0.05, 0.1) is 22.7 Å². The van der Waals surface area contributed by atoms with Gasteiger partial charge in [-0.25, -0.2) is 8.42 Å². The van der Waals surface area contributed by atoms with Gasteiger partial charge in [-0.05, 0) is 43.7 Å². The Morgan fingerprint density at radius 1 is 1.21 bits per heavy atom. The number of anilines is 1. The van der Waals surface area contributed by atoms with Gasteiger partial charge in [0.1, 0.15) is 12.3 Å². The fourth-order valence-corrected chi connectivity index (χ4v) is 4.49. The average molecular weight is 425 g/mol. The van der Waals surface area contributed by atoms with Gasteiger partial charge >= 0.3 is 0 Å². The van der Waals surface area contributed by atoms with Crippen molar-refractivity contribution < 1.29 is 17.9 Å². The monoisotopic (exact) mass is 424 g/mol. The number of nitrogens with one attached hydrogen (secondary N) is 1. The Balaban J connectivity index is 2.41. The van der Waals surface area contributed by atoms with E-state index in [0.29, 0.717) is 5.75 Å². The number of hydrogen-bond acceptors (Lipinski definition) is 4. The molecule has 152 valence electrons. The number of carbonyl (C=O) groups excluding carboxylic acids is 1. The van der Waals surface area contributed by atoms with Crippen LogP contribution in [0.1, 0.15) is 26.7 Å². The van der Waals surface area contributed by atoms with E-state index in [4.69, 9.17) is 16.3 Å². The number of methoxy groups -OCH3 is 1. The standard InChI is InChI=1S/C20H25ClN2O4S/c1-4-8-15(2)22-20(24)14-23(16-11-12-19(27-3)18(21)13-16)28(25,26)17-9-6-5-7-10-17/h5-7,9-13,15H,4,8,14H2,1-3H3,(H,22,24). The van der Waals surface area contributed by atoms with Crippen LogP contribution >= 0.6 is 11.6 Å². The molecular weight excluding hydrogens is 400 g/mol. The molecule has 0 radical (unpaired) electrons. The highest BCUT2D eigenvalue weighted by Crippen LogP contribution is 2.31. The summed E-state index contributed by atoms with van der Waals surface area (Å²) in [5.41, 5.74) is 0.285. The van der Waals surface area contributed by atoms with Gasteiger partial charge in [-0.2, -0.15) is 0 Å². The SMILES string of the molecule is CCCC(C)NC(=O)CN(c1ccc(OC)c(Cl)c1)S(=O)(=O)c1ccccc1. The highest BCUT2D eigenvalue weighted by molar-refractivity contribution is 7.92. The number of rotatable bonds is 9. The van der Waals surface area contributed by atoms with Crippen LogP contribution in [0, 0.1) is 0 Å². The molecule has 1 unspecified atom stereocenters. The maximum absolute atomic E-state index is 13.2. The molecule has 8 heteroatoms. The fraction of sp³-hybridized carbons (Fsp3) is 0.350. The van der Waals surface area contributed by atoms with E-state index in [-0.39, 0.29) is 34.1 Å². The molecule has 2 aromatic rings. The van der Waals surface area contributed by atoms with Crippen molar-refractivity contribution in [3.63, 3.8) is 0 Å². The molecule has 0 aromatic heterocycles. The quantitative estimate of drug-likeness (QED) is 0.663. The van der Waals surface area contributed by atoms with E-state index in [1.807, 2.05) is 13.8 Å². The summed E-state index contributed by atoms with van der Waals surface area (Å²) in [4.78, 5) is 12.6. The van der Waals surface area contributed by atoms with Crippen LogP contribution in [0.25, 0.3) is 0 Å². The third-order valence-corrected chi connectivity index (χ3v) is 6.25. The van der Waals surface area contributed by atoms with E-state index in [1.54, 1.807) is 30.3 Å². The van der Waals surface area contributed by atoms with Crippen molar-refractivity contribution >= 4 is 33.2 Å². The molecule has 0 bridgehead atoms. The van der Waals surface area contributed by atoms with Crippen molar-refractivity contribution in [1.29, 1.82) is 0 Å². The molecule has 0 heterocycles. The average Bonchev–Trinajstić information content (AvgIpc) is 2.66. The number of carbonyl (C=O) groups is 1. The van der Waals surface area contributed by atoms with Crippen molar-refractivity contribution in [2.45, 2.75) is 37.6 Å². The fourth-order valence-electron chi connectivity index (χ4n) is 2.80. The van der Waals surface area contributed by atoms with Gasteiger partial charge in [-0.3, -0.25) is 9.10 Å². The summed E-state index contributed by atoms with van der Waals surface area (Å²) in [6, 6.07) is 12.5. The maximum Gasteiger partial charge on any atom is 0.264 e. The second-order valence-corrected chi connectivity index (χ2v) is 8.67. The molecule has 0 aliphatic heterocycles. The number of benzene rings is 2. The first-order valence-electron chi connectivity index (χ1n) is 9.00. The van der Waals surface area contributed by atoms with Crippen LogP contribution in [0.4, 0.5) is 5.69 Å². The summed E-state index contributed by atoms with van der Waals surface area (Å²) >= 11 is 6.18. The molecule has 0 aliphatic carbocycles. The summed E-state index contributed by atoms with van der Waals surface area (Å²) in [6.45, 7) is 3.56. The van der Waals surface area contributed by atoms with E-state index in [1.165, 1.54) is 25.3 Å². The van der Waals surface area contributed by atoms with E-state index < -0.39 is 10.0 Å². The Morgan fingerprint density at radius 2 is 1.89 bits per heavy atom. The molecule has 1 atom stereocenters. The lowest BCUT2D eigenvalue weighted by Gasteiger charge is -2.25. The van der Waals surface area contributed by atoms with Gasteiger partial charge in [-0.15, -0.1) is 0 Å². The van der Waals surface area contributed by atoms with Crippen LogP contribution in [0.3, 0.4) is 0 Å². The summed E-state index contributed by atoms with van der Waals surface area (Å²) < 4.78 is 32.6. The van der Waals surface area contributed by atoms with Gasteiger partial charge in [0.25, 0.3) is 10.0 Å². The van der Waals surface area contributed by atoms with Gasteiger partial charge in [0.2, 0.25) is 5.91 Å². The first kappa shape index (κ1) is 22.0. The maximum atomic E-state index is 13.2. The largest absolute Gasteiger partial charge is 0.495 e. The van der Waals surface area contributed by atoms with Crippen molar-refractivity contribution in [2.24, 2.45) is 0 Å². The zero-order chi connectivity index (χ0) is 20.7. The molecule has 2 aromatic carbocycles. The molecule has 28 heavy (non-hydrogen) atoms. The minimum absolute atomic E-state index is 0.0433. The number of hydrogen-bond donors (Lipinski definition) is 1. The van der Waals surface area contributed by atoms with Gasteiger partial charge in [0, 0.05) is 6.04 Å². The molecular formula is C20H25ClN2O4S. The van der Waals surface area contributed by atoms with Gasteiger partial charge in [-0.1, -0.05) is 43.1 Å². The molecule has 0 aliphatic rings. The van der Waals surface area contributed by atoms with Crippen molar-refractivity contribution in [3.05, 3.63) is 53.6 Å². The predicted molar refractivity (Wildman–Crippen MR) is 111 cm³/mol. The lowest BCUT2D eigenvalue weighted by molar-refractivity contribution is -0.120. The number of ether oxygens (including phenoxy) is 1. The molecule has 0 spiro atoms. The third-order valence-electron chi connectivity index (χ3n) is 4.17. The van der Waals surface area contributed by atoms with E-state index in [2.05, 4.69) is 5.32 Å². The summed E-state index contributed by atoms with van der Waals surface area (Å²) in [5.74, 6) is 0.0379. The van der Waals surface area contributed by atoms with Crippen molar-refractivity contribution in [2.75, 3.05) is 18.0 Å². The molecule has 2 rings (SSSR count). The van der Waals surface area contributed by atoms with E-state index >= 15 is 0 Å². The third kappa shape index (κ3) is 5.39. The zero-order valence-electron chi connectivity index (χ0n) is 16.2. The Kier molecular flexibility index (Phi) is 7.71. The van der Waals surface area contributed by atoms with E-state index in [9.17, 15) is 13.2 Å². The Bertz CT molecular complexity index is 904. The van der Waals surface area contributed by atoms with Crippen LogP contribution in [0.15, 0.2) is 53.4 Å². The Hall–Kier alpha value is -2.25. The van der Waals surface area contributed by atoms with E-state index in [0.717, 1.165) is 17.1 Å². The molecule has 1 amide bonds. The summed E-state index contributed by atoms with van der Waals surface area (Å²) in [6.07, 6.45) is 1.73. The highest BCUT2D eigenvalue weighted by atomic mass is 35.5. The van der Waals surface area contributed by atoms with Crippen LogP contribution in [-0.2, 0) is 14.8 Å². The van der Waals surface area contributed by atoms with Gasteiger partial charge < -0.3 is 10.1 Å². The first-order chi connectivity index (χ1) is 13.3. The number of amides is 1. The zero-order valence-corrected chi connectivity index (χ0v) is 17.8. The van der Waals surface area contributed by atoms with Crippen molar-refractivity contribution in [1.82, 2.24) is 5.32 Å². The summed E-state index contributed by atoms with van der Waals surface area (Å²) in [5, 5.41) is 3.10. The van der Waals surface area contributed by atoms with Crippen molar-refractivity contribution in [3.8, 4) is 5.75 Å². The predicted octanol–water partition coefficient (Wildman–Crippen LogP) is 3.85. The Morgan fingerprint density at radius 3 is 2.46 bits per heavy atom. The summed E-state index contributed by atoms with van der Waals surface area (Å²) in [7, 11) is -2.49. The van der Waals surface area contributed by atoms with Crippen LogP contribution in [0.2, 0.25) is 5.02 Å². The highest BCUT2D eigenvalue weighted by Gasteiger charge is 2.28. The normalized spacial score (nSPS) is 12.3. The van der Waals surface area contributed by atoms with Crippen LogP contribution < -0.4 is 14.4 Å². The molecule has 6 nitrogen and oxygen atoms in total. The Labute approximate surface area is 171 Å². The minimum Gasteiger partial charge on any atom is -0.495 e. The smallest absolute Gasteiger partial charge is 0.264 e. The number of halogens is 1. The first-order valence-corrected chi connectivity index (χ1v) is 10.8. The van der Waals surface area contributed by atoms with Gasteiger partial charge in [0.15, 0.2) is 0 Å². The lowest BCUT2D eigenvalue weighted by Crippen LogP contribution is -2.43. The van der Waals surface area contributed by atoms with Crippen LogP contribution in [0.5, 0.6) is 5.75 Å². The number of nitrogens with zero attached hydrogens (tertiary/aromatic N) is 1. The lowest BCUT2D eigenvalue weighted by atomic mass is 10.2. The second-order valence-electron chi connectivity index (χ2n) is 6.40. The van der Waals surface area contributed by atoms with Crippen LogP contribution in [-0.4, -0.2) is 34.0 Å². The number of sulfonamides is 1. The molecule has 0 saturated carbocycles. The topological polar surface area (TPSA) is 75.7 Å². The molecule has 0 fully saturated rings. The molecule has 1 N–H and O–H groups in total. The second kappa shape index (κ2) is 9.80. The minimum atomic E-state index is -3.96. The molecule has 0 saturated heterocycles.